The van der Waals surface area contributed by atoms with Crippen molar-refractivity contribution in [2.75, 3.05) is 19.7 Å². The van der Waals surface area contributed by atoms with Gasteiger partial charge in [0.1, 0.15) is 12.1 Å². The van der Waals surface area contributed by atoms with Crippen LogP contribution in [0.3, 0.4) is 0 Å². The Labute approximate surface area is 146 Å². The van der Waals surface area contributed by atoms with Gasteiger partial charge in [0.05, 0.1) is 18.7 Å². The summed E-state index contributed by atoms with van der Waals surface area (Å²) in [4.78, 5) is 30.5. The van der Waals surface area contributed by atoms with Crippen LogP contribution < -0.4 is 5.32 Å². The number of nitrogens with zero attached hydrogens (tertiary/aromatic N) is 2. The summed E-state index contributed by atoms with van der Waals surface area (Å²) in [7, 11) is 0. The molecule has 1 aliphatic heterocycles. The molecule has 6 nitrogen and oxygen atoms in total. The molecule has 0 saturated carbocycles. The van der Waals surface area contributed by atoms with Gasteiger partial charge in [-0.25, -0.2) is 0 Å². The minimum absolute atomic E-state index is 0.110. The zero-order valence-electron chi connectivity index (χ0n) is 14.1. The van der Waals surface area contributed by atoms with Gasteiger partial charge < -0.3 is 15.0 Å². The first-order chi connectivity index (χ1) is 12.1. The number of amides is 2. The minimum atomic E-state index is -0.609. The largest absolute Gasteiger partial charge is 0.370 e. The van der Waals surface area contributed by atoms with E-state index in [1.807, 2.05) is 30.3 Å². The number of pyridine rings is 1. The predicted molar refractivity (Wildman–Crippen MR) is 92.9 cm³/mol. The van der Waals surface area contributed by atoms with Gasteiger partial charge in [0.15, 0.2) is 0 Å². The Kier molecular flexibility index (Phi) is 5.40. The van der Waals surface area contributed by atoms with Gasteiger partial charge >= 0.3 is 0 Å². The fraction of sp³-hybridized carbons (Fsp3) is 0.316. The van der Waals surface area contributed by atoms with E-state index in [0.29, 0.717) is 25.3 Å². The molecule has 1 N–H and O–H groups in total. The third kappa shape index (κ3) is 4.22. The number of ether oxygens (including phenoxy) is 1. The molecule has 6 heteroatoms. The molecule has 3 rings (SSSR count). The number of hydrogen-bond acceptors (Lipinski definition) is 4. The van der Waals surface area contributed by atoms with Crippen molar-refractivity contribution < 1.29 is 14.3 Å². The van der Waals surface area contributed by atoms with Crippen molar-refractivity contribution in [3.05, 3.63) is 66.0 Å². The van der Waals surface area contributed by atoms with Crippen molar-refractivity contribution in [1.82, 2.24) is 15.2 Å². The predicted octanol–water partition coefficient (Wildman–Crippen LogP) is 1.80. The van der Waals surface area contributed by atoms with E-state index in [1.165, 1.54) is 6.20 Å². The van der Waals surface area contributed by atoms with Crippen LogP contribution in [0.2, 0.25) is 0 Å². The first kappa shape index (κ1) is 17.1. The van der Waals surface area contributed by atoms with Crippen LogP contribution in [-0.2, 0) is 9.53 Å². The molecule has 0 radical (unpaired) electrons. The lowest BCUT2D eigenvalue weighted by Crippen LogP contribution is -2.51. The molecule has 2 amide bonds. The maximum absolute atomic E-state index is 12.7. The second-order valence-electron chi connectivity index (χ2n) is 5.99. The number of morpholine rings is 1. The third-order valence-corrected chi connectivity index (χ3v) is 4.19. The lowest BCUT2D eigenvalue weighted by molar-refractivity contribution is -0.140. The van der Waals surface area contributed by atoms with Crippen molar-refractivity contribution in [1.29, 1.82) is 0 Å². The Morgan fingerprint density at radius 1 is 1.24 bits per heavy atom. The first-order valence-corrected chi connectivity index (χ1v) is 8.31. The van der Waals surface area contributed by atoms with Gasteiger partial charge in [-0.15, -0.1) is 0 Å². The average Bonchev–Trinajstić information content (AvgIpc) is 2.68. The Hall–Kier alpha value is -2.73. The van der Waals surface area contributed by atoms with E-state index in [4.69, 9.17) is 4.74 Å². The molecule has 0 spiro atoms. The summed E-state index contributed by atoms with van der Waals surface area (Å²) in [5.41, 5.74) is 1.48. The number of carbonyl (C=O) groups excluding carboxylic acids is 2. The molecule has 2 atom stereocenters. The van der Waals surface area contributed by atoms with Crippen LogP contribution >= 0.6 is 0 Å². The van der Waals surface area contributed by atoms with Crippen LogP contribution in [0.4, 0.5) is 0 Å². The fourth-order valence-corrected chi connectivity index (χ4v) is 2.83. The van der Waals surface area contributed by atoms with Gasteiger partial charge in [-0.1, -0.05) is 30.3 Å². The fourth-order valence-electron chi connectivity index (χ4n) is 2.83. The van der Waals surface area contributed by atoms with Crippen LogP contribution in [0.5, 0.6) is 0 Å². The van der Waals surface area contributed by atoms with E-state index in [2.05, 4.69) is 10.3 Å². The molecular formula is C19H21N3O3. The Morgan fingerprint density at radius 2 is 2.04 bits per heavy atom. The molecule has 25 heavy (non-hydrogen) atoms. The van der Waals surface area contributed by atoms with Crippen LogP contribution in [0.15, 0.2) is 54.9 Å². The van der Waals surface area contributed by atoms with Crippen molar-refractivity contribution in [3.63, 3.8) is 0 Å². The highest BCUT2D eigenvalue weighted by Crippen LogP contribution is 2.22. The highest BCUT2D eigenvalue weighted by atomic mass is 16.5. The summed E-state index contributed by atoms with van der Waals surface area (Å²) in [5, 5.41) is 2.74. The molecule has 2 heterocycles. The van der Waals surface area contributed by atoms with Crippen molar-refractivity contribution in [3.8, 4) is 0 Å². The molecular weight excluding hydrogens is 318 g/mol. The Morgan fingerprint density at radius 3 is 2.76 bits per heavy atom. The SMILES string of the molecule is C[C@H](NC(=O)c1cccnc1)C(=O)N1CCOC(c2ccccc2)C1. The maximum atomic E-state index is 12.7. The summed E-state index contributed by atoms with van der Waals surface area (Å²) in [6.45, 7) is 3.18. The number of aromatic nitrogens is 1. The molecule has 1 aromatic heterocycles. The molecule has 1 fully saturated rings. The van der Waals surface area contributed by atoms with E-state index in [0.717, 1.165) is 5.56 Å². The second-order valence-corrected chi connectivity index (χ2v) is 5.99. The van der Waals surface area contributed by atoms with Crippen LogP contribution in [-0.4, -0.2) is 47.4 Å². The first-order valence-electron chi connectivity index (χ1n) is 8.31. The van der Waals surface area contributed by atoms with E-state index < -0.39 is 6.04 Å². The molecule has 0 bridgehead atoms. The summed E-state index contributed by atoms with van der Waals surface area (Å²) in [5.74, 6) is -0.414. The Bertz CT molecular complexity index is 721. The minimum Gasteiger partial charge on any atom is -0.370 e. The maximum Gasteiger partial charge on any atom is 0.253 e. The van der Waals surface area contributed by atoms with E-state index >= 15 is 0 Å². The lowest BCUT2D eigenvalue weighted by atomic mass is 10.1. The number of rotatable bonds is 4. The van der Waals surface area contributed by atoms with Gasteiger partial charge in [0, 0.05) is 18.9 Å². The summed E-state index contributed by atoms with van der Waals surface area (Å²) in [6.07, 6.45) is 2.94. The topological polar surface area (TPSA) is 71.5 Å². The van der Waals surface area contributed by atoms with E-state index in [9.17, 15) is 9.59 Å². The number of nitrogens with one attached hydrogen (secondary N) is 1. The van der Waals surface area contributed by atoms with Gasteiger partial charge in [0.25, 0.3) is 5.91 Å². The summed E-state index contributed by atoms with van der Waals surface area (Å²) in [6, 6.07) is 12.6. The number of carbonyl (C=O) groups is 2. The van der Waals surface area contributed by atoms with E-state index in [1.54, 1.807) is 30.2 Å². The molecule has 2 aromatic rings. The quantitative estimate of drug-likeness (QED) is 0.922. The molecule has 130 valence electrons. The highest BCUT2D eigenvalue weighted by molar-refractivity contribution is 5.97. The van der Waals surface area contributed by atoms with E-state index in [-0.39, 0.29) is 17.9 Å². The van der Waals surface area contributed by atoms with Gasteiger partial charge in [0.2, 0.25) is 5.91 Å². The molecule has 1 unspecified atom stereocenters. The molecule has 1 aliphatic rings. The van der Waals surface area contributed by atoms with Crippen molar-refractivity contribution in [2.24, 2.45) is 0 Å². The van der Waals surface area contributed by atoms with Crippen LogP contribution in [0.25, 0.3) is 0 Å². The molecule has 0 aliphatic carbocycles. The zero-order valence-corrected chi connectivity index (χ0v) is 14.1. The van der Waals surface area contributed by atoms with Gasteiger partial charge in [-0.2, -0.15) is 0 Å². The standard InChI is InChI=1S/C19H21N3O3/c1-14(21-18(23)16-8-5-9-20-12-16)19(24)22-10-11-25-17(13-22)15-6-3-2-4-7-15/h2-9,12,14,17H,10-11,13H2,1H3,(H,21,23)/t14-,17?/m0/s1. The third-order valence-electron chi connectivity index (χ3n) is 4.19. The lowest BCUT2D eigenvalue weighted by Gasteiger charge is -2.34. The average molecular weight is 339 g/mol. The second kappa shape index (κ2) is 7.90. The number of hydrogen-bond donors (Lipinski definition) is 1. The smallest absolute Gasteiger partial charge is 0.253 e. The molecule has 1 saturated heterocycles. The van der Waals surface area contributed by atoms with Crippen molar-refractivity contribution in [2.45, 2.75) is 19.1 Å². The Balaban J connectivity index is 1.61. The molecule has 1 aromatic carbocycles. The van der Waals surface area contributed by atoms with Crippen LogP contribution in [0, 0.1) is 0 Å². The van der Waals surface area contributed by atoms with Gasteiger partial charge in [-0.05, 0) is 24.6 Å². The highest BCUT2D eigenvalue weighted by Gasteiger charge is 2.28. The number of benzene rings is 1. The summed E-state index contributed by atoms with van der Waals surface area (Å²) < 4.78 is 5.79. The normalized spacial score (nSPS) is 18.4. The van der Waals surface area contributed by atoms with Crippen LogP contribution in [0.1, 0.15) is 28.9 Å². The zero-order chi connectivity index (χ0) is 17.6. The monoisotopic (exact) mass is 339 g/mol. The summed E-state index contributed by atoms with van der Waals surface area (Å²) >= 11 is 0. The van der Waals surface area contributed by atoms with Gasteiger partial charge in [-0.3, -0.25) is 14.6 Å². The van der Waals surface area contributed by atoms with Crippen molar-refractivity contribution >= 4 is 11.8 Å².